The Kier molecular flexibility index (Phi) is 30.4. The van der Waals surface area contributed by atoms with Crippen molar-refractivity contribution in [3.63, 3.8) is 0 Å². The Morgan fingerprint density at radius 2 is 0.894 bits per heavy atom. The fraction of sp³-hybridized carbons (Fsp3) is 0.600. The molecule has 4 N–H and O–H groups in total. The third-order valence-electron chi connectivity index (χ3n) is 34.0. The van der Waals surface area contributed by atoms with Gasteiger partial charge in [0.2, 0.25) is 0 Å². The van der Waals surface area contributed by atoms with Crippen molar-refractivity contribution in [2.75, 3.05) is 41.7 Å². The van der Waals surface area contributed by atoms with Crippen LogP contribution in [0.2, 0.25) is 0 Å². The molecule has 10 fully saturated rings. The lowest BCUT2D eigenvalue weighted by molar-refractivity contribution is -0.399. The lowest BCUT2D eigenvalue weighted by Crippen LogP contribution is -2.79. The van der Waals surface area contributed by atoms with Crippen molar-refractivity contribution in [3.05, 3.63) is 212 Å². The maximum absolute atomic E-state index is 15.0. The van der Waals surface area contributed by atoms with Crippen LogP contribution < -0.4 is 18.9 Å². The molecule has 766 valence electrons. The van der Waals surface area contributed by atoms with Gasteiger partial charge in [-0.15, -0.1) is 0 Å². The van der Waals surface area contributed by atoms with Crippen LogP contribution >= 0.6 is 0 Å². The van der Waals surface area contributed by atoms with Gasteiger partial charge >= 0.3 is 29.8 Å². The SMILES string of the molecule is CC(=O)C(C)(C)C.COc1ccc(C2O[C@H]3C[C@H]4OC[C@@]4(C)[C@H]4[C@H](OC(=O)c5ccccc5)[C@]5(C(C)(C)O)C[C@H](O)C(C)=C5[C@@H](C)[C@H](O2)[C@]34C)cc1.COc1ccc(C2O[C@H]3C[C@H]4OC[C@@]4(OC(C)=O)[C@H]4[C@H](OC(=O)c5ccccc5)[C@]5(C(C)(C)O)C[C@H](OC(=O)[C@@H]6OC(c7c(C)cccc7OC)C[C@H]6CC(C)C)C(C)=C5[C@@H](C)[C@H](O2)[C@]34C)cc1.COc1cccc(C)c1C1C[C@@H](CC(C)C)[C@H](C(=O)O)O1. The molecule has 0 radical (unpaired) electrons. The van der Waals surface area contributed by atoms with Crippen LogP contribution in [0.1, 0.15) is 269 Å². The number of hydrogen-bond donors (Lipinski definition) is 4. The van der Waals surface area contributed by atoms with Crippen molar-refractivity contribution in [1.29, 1.82) is 0 Å². The molecule has 0 spiro atoms. The van der Waals surface area contributed by atoms with Crippen LogP contribution in [0.15, 0.2) is 168 Å². The number of hydrogen-bond acceptors (Lipinski definition) is 25. The first-order valence-electron chi connectivity index (χ1n) is 50.4. The van der Waals surface area contributed by atoms with Gasteiger partial charge in [-0.1, -0.05) is 174 Å². The Hall–Kier alpha value is -9.42. The third-order valence-corrected chi connectivity index (χ3v) is 34.0. The molecule has 141 heavy (non-hydrogen) atoms. The number of aryl methyl sites for hydroxylation is 2. The largest absolute Gasteiger partial charge is 0.497 e. The molecule has 6 heterocycles. The fourth-order valence-electron chi connectivity index (χ4n) is 27.1. The number of Topliss-reactive ketones (excluding diaryl/α,β-unsaturated/α-hetero) is 1. The minimum absolute atomic E-state index is 0.0219. The first-order chi connectivity index (χ1) is 66.4. The van der Waals surface area contributed by atoms with E-state index in [2.05, 4.69) is 62.3 Å². The summed E-state index contributed by atoms with van der Waals surface area (Å²) in [5.41, 5.74) is 0.554. The number of fused-ring (bicyclic) bond motifs is 6. The van der Waals surface area contributed by atoms with E-state index >= 15 is 4.79 Å². The van der Waals surface area contributed by atoms with Crippen LogP contribution in [0, 0.1) is 93.7 Å². The molecular weight excluding hydrogens is 1800 g/mol. The molecule has 6 saturated heterocycles. The molecule has 6 aromatic rings. The number of carboxylic acid groups (broad SMARTS) is 1. The van der Waals surface area contributed by atoms with Crippen LogP contribution in [0.5, 0.6) is 23.0 Å². The maximum Gasteiger partial charge on any atom is 0.338 e. The number of carboxylic acids is 1. The highest BCUT2D eigenvalue weighted by Crippen LogP contribution is 2.75. The van der Waals surface area contributed by atoms with E-state index in [1.165, 1.54) is 6.92 Å². The number of ketones is 1. The maximum atomic E-state index is 15.0. The molecule has 28 atom stereocenters. The number of aliphatic hydroxyl groups is 3. The first-order valence-corrected chi connectivity index (χ1v) is 50.4. The normalized spacial score (nSPS) is 35.2. The zero-order valence-corrected chi connectivity index (χ0v) is 87.1. The van der Waals surface area contributed by atoms with Gasteiger partial charge in [-0.3, -0.25) is 9.59 Å². The summed E-state index contributed by atoms with van der Waals surface area (Å²) in [4.78, 5) is 79.3. The Labute approximate surface area is 831 Å². The third kappa shape index (κ3) is 18.9. The molecule has 18 rings (SSSR count). The monoisotopic (exact) mass is 1950 g/mol. The summed E-state index contributed by atoms with van der Waals surface area (Å²) in [5, 5.41) is 46.5. The highest BCUT2D eigenvalue weighted by Gasteiger charge is 2.82. The van der Waals surface area contributed by atoms with Crippen LogP contribution in [0.3, 0.4) is 0 Å². The second-order valence-electron chi connectivity index (χ2n) is 45.3. The van der Waals surface area contributed by atoms with E-state index < -0.39 is 154 Å². The van der Waals surface area contributed by atoms with Gasteiger partial charge in [-0.25, -0.2) is 19.2 Å². The van der Waals surface area contributed by atoms with Crippen molar-refractivity contribution in [1.82, 2.24) is 0 Å². The van der Waals surface area contributed by atoms with Gasteiger partial charge in [-0.2, -0.15) is 0 Å². The number of carbonyl (C=O) groups excluding carboxylic acids is 5. The molecular formula is C115H150O26. The Morgan fingerprint density at radius 3 is 1.29 bits per heavy atom. The number of aliphatic hydroxyl groups excluding tert-OH is 1. The summed E-state index contributed by atoms with van der Waals surface area (Å²) in [6.07, 6.45) is -5.75. The molecule has 4 unspecified atom stereocenters. The highest BCUT2D eigenvalue weighted by molar-refractivity contribution is 5.90. The van der Waals surface area contributed by atoms with Crippen molar-refractivity contribution >= 4 is 35.6 Å². The predicted molar refractivity (Wildman–Crippen MR) is 527 cm³/mol. The van der Waals surface area contributed by atoms with E-state index in [1.54, 1.807) is 99.5 Å². The summed E-state index contributed by atoms with van der Waals surface area (Å²) >= 11 is 0. The average Bonchev–Trinajstić information content (AvgIpc) is 1.65. The number of esters is 4. The second-order valence-corrected chi connectivity index (χ2v) is 45.3. The number of ether oxygens (including phenoxy) is 16. The number of methoxy groups -OCH3 is 4. The summed E-state index contributed by atoms with van der Waals surface area (Å²) < 4.78 is 103. The van der Waals surface area contributed by atoms with Gasteiger partial charge in [-0.05, 0) is 207 Å². The Morgan fingerprint density at radius 1 is 0.475 bits per heavy atom. The van der Waals surface area contributed by atoms with Crippen molar-refractivity contribution in [3.8, 4) is 23.0 Å². The number of aliphatic carboxylic acids is 1. The van der Waals surface area contributed by atoms with E-state index in [0.717, 1.165) is 86.4 Å². The Bertz CT molecular complexity index is 5590. The zero-order chi connectivity index (χ0) is 102. The summed E-state index contributed by atoms with van der Waals surface area (Å²) in [7, 11) is 6.52. The molecule has 6 aliphatic carbocycles. The fourth-order valence-corrected chi connectivity index (χ4v) is 27.1. The average molecular weight is 1950 g/mol. The summed E-state index contributed by atoms with van der Waals surface area (Å²) in [6.45, 7) is 43.4. The molecule has 12 aliphatic rings. The number of rotatable bonds is 22. The molecule has 0 aromatic heterocycles. The van der Waals surface area contributed by atoms with Gasteiger partial charge in [0.1, 0.15) is 53.2 Å². The molecule has 0 bridgehead atoms. The second kappa shape index (κ2) is 40.5. The zero-order valence-electron chi connectivity index (χ0n) is 87.1. The Balaban J connectivity index is 0.000000174. The van der Waals surface area contributed by atoms with E-state index in [1.807, 2.05) is 158 Å². The molecule has 4 saturated carbocycles. The highest BCUT2D eigenvalue weighted by atomic mass is 16.7. The minimum atomic E-state index is -1.65. The summed E-state index contributed by atoms with van der Waals surface area (Å²) in [6, 6.07) is 44.7. The first kappa shape index (κ1) is 106. The molecule has 6 aromatic carbocycles. The van der Waals surface area contributed by atoms with E-state index in [9.17, 15) is 44.4 Å². The molecule has 26 heteroatoms. The van der Waals surface area contributed by atoms with E-state index in [-0.39, 0.29) is 90.1 Å². The van der Waals surface area contributed by atoms with E-state index in [0.29, 0.717) is 54.4 Å². The number of benzene rings is 6. The molecule has 26 nitrogen and oxygen atoms in total. The smallest absolute Gasteiger partial charge is 0.338 e. The summed E-state index contributed by atoms with van der Waals surface area (Å²) in [5.74, 6) is -1.08. The standard InChI is InChI=1S/C55H68O13.C37H46O8.C17H24O4.C6H12O/c1-29(2)24-36-25-39(43-30(3)16-15-19-38(43)61-11)63-45(36)50(58)64-40-27-54(52(7,8)59)44(31(40)4)32(5)47-53(9)41(65-51(67-47)35-20-22-37(60-10)23-21-35)26-42-55(28-62-42,68-33(6)56)46(53)48(54)66-49(57)34-17-13-12-14-18-34;1-20-25(38)18-37(34(3,4)40)28(20)21(2)30-36(6)27(43-33(45-30)23-13-15-24(41-7)16-14-23)17-26-35(5,19-42-26)29(36)31(37)44-32(39)22-11-9-8-10-12-22;1-10(2)8-12-9-14(21-16(12)17(18)19)15-11(3)6-5-7-13(15)20-4;1-5(7)6(2,3)4/h12-23,29,32,36,39-42,45-48,51,59H,24-28H2,1-11H3;8-16,21,25-27,29-31,33,38,40H,17-19H2,1-7H3;5-7,10,12,14,16H,8-9H2,1-4H3,(H,18,19);1-4H3/t32-,36-,39?,40+,41+,42-,45-,46+,47+,48+,51?,53-,54+,55+;21-,25+,26-,27+,29-,30+,31+,33?,35-,36-,37+;12-,14?,16-;/m111./s1. The van der Waals surface area contributed by atoms with Gasteiger partial charge in [0.05, 0.1) is 130 Å². The van der Waals surface area contributed by atoms with Crippen LogP contribution in [0.25, 0.3) is 0 Å². The van der Waals surface area contributed by atoms with Crippen LogP contribution in [0.4, 0.5) is 0 Å². The molecule has 0 amide bonds. The van der Waals surface area contributed by atoms with Crippen molar-refractivity contribution in [2.45, 2.75) is 319 Å². The van der Waals surface area contributed by atoms with Gasteiger partial charge in [0, 0.05) is 87.9 Å². The van der Waals surface area contributed by atoms with Crippen LogP contribution in [-0.2, 0) is 76.0 Å². The van der Waals surface area contributed by atoms with Crippen LogP contribution in [-0.4, -0.2) is 188 Å². The van der Waals surface area contributed by atoms with Gasteiger partial charge in [0.25, 0.3) is 0 Å². The van der Waals surface area contributed by atoms with Crippen molar-refractivity contribution < 1.29 is 125 Å². The van der Waals surface area contributed by atoms with Gasteiger partial charge < -0.3 is 96.2 Å². The number of carbonyl (C=O) groups is 6. The lowest BCUT2D eigenvalue weighted by atomic mass is 9.46. The topological polar surface area (TPSA) is 331 Å². The minimum Gasteiger partial charge on any atom is -0.497 e. The van der Waals surface area contributed by atoms with Gasteiger partial charge in [0.15, 0.2) is 30.4 Å². The molecule has 6 aliphatic heterocycles. The van der Waals surface area contributed by atoms with Crippen molar-refractivity contribution in [2.24, 2.45) is 79.8 Å². The quantitative estimate of drug-likeness (QED) is 0.0279. The lowest BCUT2D eigenvalue weighted by Gasteiger charge is -2.68. The predicted octanol–water partition coefficient (Wildman–Crippen LogP) is 19.8. The van der Waals surface area contributed by atoms with E-state index in [4.69, 9.17) is 75.8 Å².